The second-order valence-corrected chi connectivity index (χ2v) is 11.0. The van der Waals surface area contributed by atoms with Crippen LogP contribution in [0.5, 0.6) is 34.5 Å². The zero-order valence-corrected chi connectivity index (χ0v) is 28.0. The molecule has 0 aliphatic heterocycles. The number of hydrogen-bond acceptors (Lipinski definition) is 10. The third-order valence-electron chi connectivity index (χ3n) is 6.41. The first-order chi connectivity index (χ1) is 21.4. The molecule has 0 spiro atoms. The normalized spacial score (nSPS) is 10.8. The first kappa shape index (κ1) is 36.8. The number of ether oxygens (including phenoxy) is 4. The van der Waals surface area contributed by atoms with Gasteiger partial charge in [-0.2, -0.15) is 0 Å². The molecule has 2 rings (SSSR count). The zero-order valence-electron chi connectivity index (χ0n) is 28.0. The van der Waals surface area contributed by atoms with Crippen molar-refractivity contribution in [2.24, 2.45) is 0 Å². The molecule has 0 aliphatic carbocycles. The van der Waals surface area contributed by atoms with Crippen molar-refractivity contribution in [1.29, 1.82) is 0 Å². The van der Waals surface area contributed by atoms with E-state index in [1.54, 1.807) is 12.1 Å². The Bertz CT molecular complexity index is 1230. The quantitative estimate of drug-likeness (QED) is 0.0813. The molecule has 2 aromatic carbocycles. The van der Waals surface area contributed by atoms with E-state index in [1.807, 2.05) is 53.7 Å². The Balaban J connectivity index is 2.80. The monoisotopic (exact) mass is 628 g/mol. The third-order valence-corrected chi connectivity index (χ3v) is 6.41. The maximum absolute atomic E-state index is 12.1. The molecule has 0 bridgehead atoms. The van der Waals surface area contributed by atoms with Crippen LogP contribution in [0, 0.1) is 0 Å². The molecular weight excluding hydrogens is 580 g/mol. The fraction of sp³-hybridized carbons (Fsp3) is 0.486. The average Bonchev–Trinajstić information content (AvgIpc) is 3.01. The largest absolute Gasteiger partial charge is 0.489 e. The van der Waals surface area contributed by atoms with Crippen LogP contribution in [-0.4, -0.2) is 38.4 Å². The summed E-state index contributed by atoms with van der Waals surface area (Å²) in [6.45, 7) is 23.8. The predicted octanol–water partition coefficient (Wildman–Crippen LogP) is 7.99. The van der Waals surface area contributed by atoms with Gasteiger partial charge in [0.15, 0.2) is 11.5 Å². The van der Waals surface area contributed by atoms with Crippen LogP contribution in [0.2, 0.25) is 0 Å². The molecule has 10 heteroatoms. The Morgan fingerprint density at radius 1 is 0.578 bits per heavy atom. The van der Waals surface area contributed by atoms with Crippen LogP contribution < -0.4 is 28.7 Å². The van der Waals surface area contributed by atoms with Gasteiger partial charge in [0.1, 0.15) is 0 Å². The maximum Gasteiger partial charge on any atom is 0.381 e. The molecule has 0 N–H and O–H groups in total. The molecule has 0 heterocycles. The van der Waals surface area contributed by atoms with Gasteiger partial charge in [0.05, 0.1) is 26.4 Å². The molecule has 0 radical (unpaired) electrons. The fourth-order valence-electron chi connectivity index (χ4n) is 4.03. The van der Waals surface area contributed by atoms with E-state index in [0.717, 1.165) is 36.8 Å². The van der Waals surface area contributed by atoms with Crippen LogP contribution in [-0.2, 0) is 24.8 Å². The van der Waals surface area contributed by atoms with Crippen LogP contribution >= 0.6 is 0 Å². The minimum absolute atomic E-state index is 0.182. The average molecular weight is 629 g/mol. The number of carbonyl (C=O) groups is 2. The molecule has 10 nitrogen and oxygen atoms in total. The molecule has 0 fully saturated rings. The van der Waals surface area contributed by atoms with E-state index in [1.165, 1.54) is 13.8 Å². The molecule has 2 aromatic rings. The summed E-state index contributed by atoms with van der Waals surface area (Å²) in [4.78, 5) is 45.1. The summed E-state index contributed by atoms with van der Waals surface area (Å²) in [5.41, 5.74) is 1.11. The SMILES string of the molecule is C=C(C)C(=O)OOc1ccc(C(C)(C)c2ccc(OOC(=O)C(=C)C)c(OCCC)c2OCCC)c(OCCC)c1OCCC. The van der Waals surface area contributed by atoms with E-state index in [4.69, 9.17) is 38.5 Å². The van der Waals surface area contributed by atoms with Gasteiger partial charge < -0.3 is 18.9 Å². The molecule has 45 heavy (non-hydrogen) atoms. The summed E-state index contributed by atoms with van der Waals surface area (Å²) in [6.07, 6.45) is 2.90. The van der Waals surface area contributed by atoms with Gasteiger partial charge in [0.2, 0.25) is 23.0 Å². The minimum atomic E-state index is -0.777. The van der Waals surface area contributed by atoms with Gasteiger partial charge in [-0.25, -0.2) is 19.4 Å². The second kappa shape index (κ2) is 17.8. The highest BCUT2D eigenvalue weighted by Crippen LogP contribution is 2.52. The number of hydrogen-bond donors (Lipinski definition) is 0. The lowest BCUT2D eigenvalue weighted by Crippen LogP contribution is -2.23. The van der Waals surface area contributed by atoms with Crippen molar-refractivity contribution in [3.63, 3.8) is 0 Å². The van der Waals surface area contributed by atoms with Gasteiger partial charge in [-0.15, -0.1) is 0 Å². The highest BCUT2D eigenvalue weighted by molar-refractivity contribution is 5.87. The summed E-state index contributed by atoms with van der Waals surface area (Å²) in [6, 6.07) is 7.01. The Hall–Kier alpha value is -4.34. The van der Waals surface area contributed by atoms with Crippen LogP contribution in [0.25, 0.3) is 0 Å². The zero-order chi connectivity index (χ0) is 33.6. The lowest BCUT2D eigenvalue weighted by atomic mass is 9.76. The van der Waals surface area contributed by atoms with E-state index in [-0.39, 0.29) is 22.6 Å². The maximum atomic E-state index is 12.1. The molecule has 0 aromatic heterocycles. The Morgan fingerprint density at radius 3 is 1.18 bits per heavy atom. The van der Waals surface area contributed by atoms with Crippen molar-refractivity contribution >= 4 is 11.9 Å². The van der Waals surface area contributed by atoms with Crippen LogP contribution in [0.15, 0.2) is 48.6 Å². The number of benzene rings is 2. The van der Waals surface area contributed by atoms with Gasteiger partial charge in [-0.05, 0) is 51.7 Å². The van der Waals surface area contributed by atoms with Crippen LogP contribution in [0.4, 0.5) is 0 Å². The van der Waals surface area contributed by atoms with Crippen molar-refractivity contribution in [3.05, 3.63) is 59.7 Å². The first-order valence-corrected chi connectivity index (χ1v) is 15.4. The number of rotatable bonds is 20. The summed E-state index contributed by atoms with van der Waals surface area (Å²) in [5.74, 6) is 0.434. The van der Waals surface area contributed by atoms with Crippen molar-refractivity contribution in [3.8, 4) is 34.5 Å². The smallest absolute Gasteiger partial charge is 0.381 e. The first-order valence-electron chi connectivity index (χ1n) is 15.4. The van der Waals surface area contributed by atoms with E-state index >= 15 is 0 Å². The predicted molar refractivity (Wildman–Crippen MR) is 171 cm³/mol. The second-order valence-electron chi connectivity index (χ2n) is 11.0. The van der Waals surface area contributed by atoms with Crippen molar-refractivity contribution in [2.45, 2.75) is 86.5 Å². The molecule has 0 amide bonds. The van der Waals surface area contributed by atoms with Gasteiger partial charge >= 0.3 is 11.9 Å². The summed E-state index contributed by atoms with van der Waals surface area (Å²) >= 11 is 0. The highest BCUT2D eigenvalue weighted by atomic mass is 17.2. The third kappa shape index (κ3) is 9.83. The lowest BCUT2D eigenvalue weighted by Gasteiger charge is -2.32. The molecule has 248 valence electrons. The highest BCUT2D eigenvalue weighted by Gasteiger charge is 2.36. The molecule has 0 atom stereocenters. The van der Waals surface area contributed by atoms with E-state index in [0.29, 0.717) is 49.4 Å². The summed E-state index contributed by atoms with van der Waals surface area (Å²) in [5, 5.41) is 0. The topological polar surface area (TPSA) is 108 Å². The lowest BCUT2D eigenvalue weighted by molar-refractivity contribution is -0.209. The van der Waals surface area contributed by atoms with Crippen LogP contribution in [0.3, 0.4) is 0 Å². The van der Waals surface area contributed by atoms with Crippen molar-refractivity contribution in [1.82, 2.24) is 0 Å². The van der Waals surface area contributed by atoms with Gasteiger partial charge in [-0.3, -0.25) is 9.78 Å². The van der Waals surface area contributed by atoms with E-state index in [2.05, 4.69) is 13.2 Å². The molecule has 0 aliphatic rings. The minimum Gasteiger partial charge on any atom is -0.489 e. The Kier molecular flexibility index (Phi) is 14.6. The molecular formula is C35H48O10. The molecule has 0 unspecified atom stereocenters. The van der Waals surface area contributed by atoms with Gasteiger partial charge in [-0.1, -0.05) is 66.8 Å². The standard InChI is InChI=1S/C35H48O10/c1-11-19-38-29-25(15-17-27(31(29)40-21-13-3)42-44-33(36)23(5)6)35(9,10)26-16-18-28(43-45-34(37)24(7)8)32(41-22-14-4)30(26)39-20-12-2/h15-18H,5,7,11-14,19-22H2,1-4,6,8-10H3. The summed E-state index contributed by atoms with van der Waals surface area (Å²) in [7, 11) is 0. The van der Waals surface area contributed by atoms with Crippen molar-refractivity contribution in [2.75, 3.05) is 26.4 Å². The van der Waals surface area contributed by atoms with E-state index in [9.17, 15) is 9.59 Å². The summed E-state index contributed by atoms with van der Waals surface area (Å²) < 4.78 is 24.9. The van der Waals surface area contributed by atoms with Crippen LogP contribution in [0.1, 0.15) is 92.2 Å². The van der Waals surface area contributed by atoms with Gasteiger partial charge in [0.25, 0.3) is 0 Å². The Morgan fingerprint density at radius 2 is 0.889 bits per heavy atom. The fourth-order valence-corrected chi connectivity index (χ4v) is 4.03. The van der Waals surface area contributed by atoms with Crippen molar-refractivity contribution < 1.29 is 48.1 Å². The molecule has 0 saturated carbocycles. The Labute approximate surface area is 267 Å². The van der Waals surface area contributed by atoms with Gasteiger partial charge in [0, 0.05) is 27.7 Å². The molecule has 0 saturated heterocycles. The number of carbonyl (C=O) groups excluding carboxylic acids is 2. The van der Waals surface area contributed by atoms with E-state index < -0.39 is 17.4 Å².